The van der Waals surface area contributed by atoms with Crippen LogP contribution in [0.15, 0.2) is 58.2 Å². The first-order valence-corrected chi connectivity index (χ1v) is 11.2. The zero-order valence-electron chi connectivity index (χ0n) is 18.1. The molecule has 0 saturated heterocycles. The highest BCUT2D eigenvalue weighted by Gasteiger charge is 2.20. The van der Waals surface area contributed by atoms with Crippen molar-refractivity contribution in [3.63, 3.8) is 0 Å². The second-order valence-electron chi connectivity index (χ2n) is 7.33. The van der Waals surface area contributed by atoms with Crippen molar-refractivity contribution >= 4 is 11.8 Å². The quantitative estimate of drug-likeness (QED) is 0.347. The molecular formula is C23H25N5O2S. The number of methoxy groups -OCH3 is 1. The first kappa shape index (κ1) is 21.1. The maximum atomic E-state index is 5.35. The Morgan fingerprint density at radius 1 is 1.06 bits per heavy atom. The number of aromatic nitrogens is 5. The number of ether oxygens (including phenoxy) is 1. The van der Waals surface area contributed by atoms with Gasteiger partial charge >= 0.3 is 0 Å². The predicted octanol–water partition coefficient (Wildman–Crippen LogP) is 5.30. The van der Waals surface area contributed by atoms with Gasteiger partial charge in [-0.25, -0.2) is 0 Å². The Bertz CT molecular complexity index is 1150. The van der Waals surface area contributed by atoms with E-state index in [2.05, 4.69) is 57.0 Å². The molecule has 0 aliphatic rings. The van der Waals surface area contributed by atoms with E-state index in [0.717, 1.165) is 34.4 Å². The van der Waals surface area contributed by atoms with E-state index in [1.54, 1.807) is 7.11 Å². The summed E-state index contributed by atoms with van der Waals surface area (Å²) < 4.78 is 12.8. The van der Waals surface area contributed by atoms with Crippen LogP contribution in [0.1, 0.15) is 44.0 Å². The third-order valence-corrected chi connectivity index (χ3v) is 5.85. The van der Waals surface area contributed by atoms with Gasteiger partial charge in [-0.2, -0.15) is 4.98 Å². The zero-order chi connectivity index (χ0) is 21.8. The fourth-order valence-corrected chi connectivity index (χ4v) is 4.09. The number of benzene rings is 2. The van der Waals surface area contributed by atoms with Gasteiger partial charge in [0.05, 0.1) is 18.6 Å². The van der Waals surface area contributed by atoms with E-state index in [1.165, 1.54) is 17.3 Å². The Hall–Kier alpha value is -3.13. The van der Waals surface area contributed by atoms with Gasteiger partial charge in [0.1, 0.15) is 5.75 Å². The van der Waals surface area contributed by atoms with E-state index in [0.29, 0.717) is 23.4 Å². The van der Waals surface area contributed by atoms with Crippen molar-refractivity contribution < 1.29 is 9.26 Å². The number of aryl methyl sites for hydroxylation is 1. The van der Waals surface area contributed by atoms with Gasteiger partial charge < -0.3 is 9.26 Å². The highest BCUT2D eigenvalue weighted by Crippen LogP contribution is 2.33. The molecule has 2 aromatic carbocycles. The molecule has 0 fully saturated rings. The molecule has 0 bridgehead atoms. The Labute approximate surface area is 185 Å². The summed E-state index contributed by atoms with van der Waals surface area (Å²) in [7, 11) is 1.66. The summed E-state index contributed by atoms with van der Waals surface area (Å²) in [6.45, 7) is 6.38. The Morgan fingerprint density at radius 2 is 1.84 bits per heavy atom. The van der Waals surface area contributed by atoms with Gasteiger partial charge in [-0.3, -0.25) is 4.57 Å². The maximum absolute atomic E-state index is 5.35. The van der Waals surface area contributed by atoms with Gasteiger partial charge in [0.2, 0.25) is 5.89 Å². The minimum atomic E-state index is 0.350. The predicted molar refractivity (Wildman–Crippen MR) is 121 cm³/mol. The van der Waals surface area contributed by atoms with Crippen LogP contribution in [-0.2, 0) is 12.2 Å². The fourth-order valence-electron chi connectivity index (χ4n) is 3.31. The lowest BCUT2D eigenvalue weighted by molar-refractivity contribution is 0.385. The number of thioether (sulfide) groups is 1. The first-order chi connectivity index (χ1) is 15.1. The number of hydrogen-bond donors (Lipinski definition) is 0. The monoisotopic (exact) mass is 435 g/mol. The first-order valence-electron chi connectivity index (χ1n) is 10.2. The van der Waals surface area contributed by atoms with Crippen molar-refractivity contribution in [2.24, 2.45) is 0 Å². The normalized spacial score (nSPS) is 11.3. The van der Waals surface area contributed by atoms with Gasteiger partial charge in [-0.05, 0) is 41.8 Å². The van der Waals surface area contributed by atoms with Crippen LogP contribution in [0.5, 0.6) is 5.75 Å². The summed E-state index contributed by atoms with van der Waals surface area (Å²) in [5.74, 6) is 3.74. The molecule has 0 radical (unpaired) electrons. The topological polar surface area (TPSA) is 78.9 Å². The highest BCUT2D eigenvalue weighted by atomic mass is 32.2. The lowest BCUT2D eigenvalue weighted by Crippen LogP contribution is -2.05. The van der Waals surface area contributed by atoms with Crippen LogP contribution < -0.4 is 4.74 Å². The standard InChI is InChI=1S/C23H25N5O2S/c1-5-20-24-21(30-27-20)14-31-23-26-25-22(16-10-12-17(29-4)13-11-16)28(23)19-9-7-6-8-18(19)15(2)3/h6-13,15H,5,14H2,1-4H3. The number of para-hydroxylation sites is 1. The number of hydrogen-bond acceptors (Lipinski definition) is 7. The van der Waals surface area contributed by atoms with Crippen molar-refractivity contribution in [3.05, 3.63) is 65.8 Å². The van der Waals surface area contributed by atoms with E-state index in [4.69, 9.17) is 9.26 Å². The van der Waals surface area contributed by atoms with E-state index in [1.807, 2.05) is 37.3 Å². The molecule has 0 atom stereocenters. The molecule has 31 heavy (non-hydrogen) atoms. The molecule has 4 rings (SSSR count). The van der Waals surface area contributed by atoms with Crippen molar-refractivity contribution in [3.8, 4) is 22.8 Å². The van der Waals surface area contributed by atoms with E-state index >= 15 is 0 Å². The molecule has 0 aliphatic heterocycles. The molecule has 7 nitrogen and oxygen atoms in total. The van der Waals surface area contributed by atoms with Crippen LogP contribution in [0.25, 0.3) is 17.1 Å². The molecule has 8 heteroatoms. The lowest BCUT2D eigenvalue weighted by atomic mass is 10.0. The molecule has 0 aliphatic carbocycles. The summed E-state index contributed by atoms with van der Waals surface area (Å²) in [4.78, 5) is 4.41. The van der Waals surface area contributed by atoms with Crippen LogP contribution in [0.3, 0.4) is 0 Å². The second-order valence-corrected chi connectivity index (χ2v) is 8.27. The van der Waals surface area contributed by atoms with Crippen molar-refractivity contribution in [2.45, 2.75) is 44.0 Å². The van der Waals surface area contributed by atoms with Crippen LogP contribution in [0.2, 0.25) is 0 Å². The van der Waals surface area contributed by atoms with Crippen molar-refractivity contribution in [1.29, 1.82) is 0 Å². The van der Waals surface area contributed by atoms with Crippen LogP contribution in [0.4, 0.5) is 0 Å². The lowest BCUT2D eigenvalue weighted by Gasteiger charge is -2.16. The van der Waals surface area contributed by atoms with Crippen LogP contribution >= 0.6 is 11.8 Å². The van der Waals surface area contributed by atoms with Crippen LogP contribution in [0, 0.1) is 0 Å². The van der Waals surface area contributed by atoms with Crippen LogP contribution in [-0.4, -0.2) is 32.0 Å². The number of nitrogens with zero attached hydrogens (tertiary/aromatic N) is 5. The average Bonchev–Trinajstić information content (AvgIpc) is 3.44. The average molecular weight is 436 g/mol. The molecular weight excluding hydrogens is 410 g/mol. The summed E-state index contributed by atoms with van der Waals surface area (Å²) in [6, 6.07) is 16.2. The van der Waals surface area contributed by atoms with Gasteiger partial charge in [-0.15, -0.1) is 10.2 Å². The molecule has 0 N–H and O–H groups in total. The van der Waals surface area contributed by atoms with E-state index in [9.17, 15) is 0 Å². The maximum Gasteiger partial charge on any atom is 0.237 e. The van der Waals surface area contributed by atoms with Gasteiger partial charge in [0.25, 0.3) is 0 Å². The minimum Gasteiger partial charge on any atom is -0.497 e. The molecule has 4 aromatic rings. The Kier molecular flexibility index (Phi) is 6.36. The number of rotatable bonds is 8. The van der Waals surface area contributed by atoms with E-state index in [-0.39, 0.29) is 0 Å². The molecule has 2 aromatic heterocycles. The van der Waals surface area contributed by atoms with Gasteiger partial charge in [0.15, 0.2) is 16.8 Å². The molecule has 2 heterocycles. The zero-order valence-corrected chi connectivity index (χ0v) is 18.9. The third kappa shape index (κ3) is 4.49. The summed E-state index contributed by atoms with van der Waals surface area (Å²) in [5.41, 5.74) is 3.25. The SMILES string of the molecule is CCc1noc(CSc2nnc(-c3ccc(OC)cc3)n2-c2ccccc2C(C)C)n1. The summed E-state index contributed by atoms with van der Waals surface area (Å²) in [5, 5.41) is 13.8. The largest absolute Gasteiger partial charge is 0.497 e. The van der Waals surface area contributed by atoms with Gasteiger partial charge in [0, 0.05) is 12.0 Å². The molecule has 0 saturated carbocycles. The second kappa shape index (κ2) is 9.34. The van der Waals surface area contributed by atoms with Crippen molar-refractivity contribution in [2.75, 3.05) is 7.11 Å². The summed E-state index contributed by atoms with van der Waals surface area (Å²) in [6.07, 6.45) is 0.744. The summed E-state index contributed by atoms with van der Waals surface area (Å²) >= 11 is 1.53. The molecule has 160 valence electrons. The fraction of sp³-hybridized carbons (Fsp3) is 0.304. The molecule has 0 spiro atoms. The minimum absolute atomic E-state index is 0.350. The Balaban J connectivity index is 1.77. The van der Waals surface area contributed by atoms with E-state index < -0.39 is 0 Å². The smallest absolute Gasteiger partial charge is 0.237 e. The third-order valence-electron chi connectivity index (χ3n) is 4.93. The molecule has 0 unspecified atom stereocenters. The Morgan fingerprint density at radius 3 is 2.52 bits per heavy atom. The highest BCUT2D eigenvalue weighted by molar-refractivity contribution is 7.98. The van der Waals surface area contributed by atoms with Crippen molar-refractivity contribution in [1.82, 2.24) is 24.9 Å². The van der Waals surface area contributed by atoms with Gasteiger partial charge in [-0.1, -0.05) is 55.9 Å². The molecule has 0 amide bonds.